The second-order valence-electron chi connectivity index (χ2n) is 5.47. The Hall–Kier alpha value is -1.69. The Morgan fingerprint density at radius 2 is 2.00 bits per heavy atom. The molecule has 1 heterocycles. The number of hydrogen-bond acceptors (Lipinski definition) is 4. The summed E-state index contributed by atoms with van der Waals surface area (Å²) in [4.78, 5) is 0. The highest BCUT2D eigenvalue weighted by Gasteiger charge is 2.12. The first-order chi connectivity index (χ1) is 10.6. The molecule has 5 nitrogen and oxygen atoms in total. The average Bonchev–Trinajstić information content (AvgIpc) is 2.80. The average molecular weight is 303 g/mol. The Morgan fingerprint density at radius 3 is 2.68 bits per heavy atom. The fourth-order valence-corrected chi connectivity index (χ4v) is 2.51. The van der Waals surface area contributed by atoms with Crippen LogP contribution in [0.15, 0.2) is 30.3 Å². The Kier molecular flexibility index (Phi) is 6.12. The number of nitrogens with one attached hydrogen (secondary N) is 1. The standard InChI is InChI=1S/C17H25N3O2/c1-13-17(11-18-10-9-16(21)12-22-3)14(2)20(19-13)15-7-5-4-6-8-15/h4-8,16,18,21H,9-12H2,1-3H3. The molecule has 0 aliphatic rings. The Morgan fingerprint density at radius 1 is 1.27 bits per heavy atom. The minimum absolute atomic E-state index is 0.381. The number of nitrogens with zero attached hydrogens (tertiary/aromatic N) is 2. The Bertz CT molecular complexity index is 581. The zero-order valence-corrected chi connectivity index (χ0v) is 13.5. The van der Waals surface area contributed by atoms with E-state index < -0.39 is 6.10 Å². The van der Waals surface area contributed by atoms with Gasteiger partial charge in [-0.05, 0) is 38.9 Å². The van der Waals surface area contributed by atoms with Crippen LogP contribution in [0.3, 0.4) is 0 Å². The summed E-state index contributed by atoms with van der Waals surface area (Å²) < 4.78 is 6.90. The molecule has 2 N–H and O–H groups in total. The highest BCUT2D eigenvalue weighted by molar-refractivity contribution is 5.36. The predicted molar refractivity (Wildman–Crippen MR) is 87.2 cm³/mol. The van der Waals surface area contributed by atoms with E-state index in [1.807, 2.05) is 29.8 Å². The second kappa shape index (κ2) is 8.08. The number of aromatic nitrogens is 2. The Balaban J connectivity index is 1.96. The van der Waals surface area contributed by atoms with Crippen molar-refractivity contribution in [2.45, 2.75) is 32.9 Å². The lowest BCUT2D eigenvalue weighted by Gasteiger charge is -2.10. The van der Waals surface area contributed by atoms with Gasteiger partial charge in [-0.2, -0.15) is 5.10 Å². The summed E-state index contributed by atoms with van der Waals surface area (Å²) in [5.41, 5.74) is 4.47. The first-order valence-electron chi connectivity index (χ1n) is 7.61. The number of methoxy groups -OCH3 is 1. The number of rotatable bonds is 8. The lowest BCUT2D eigenvalue weighted by atomic mass is 10.2. The number of aliphatic hydroxyl groups excluding tert-OH is 1. The lowest BCUT2D eigenvalue weighted by Crippen LogP contribution is -2.23. The Labute approximate surface area is 131 Å². The molecule has 0 saturated heterocycles. The second-order valence-corrected chi connectivity index (χ2v) is 5.47. The highest BCUT2D eigenvalue weighted by Crippen LogP contribution is 2.17. The summed E-state index contributed by atoms with van der Waals surface area (Å²) in [5, 5.41) is 17.6. The molecule has 0 spiro atoms. The van der Waals surface area contributed by atoms with Crippen molar-refractivity contribution < 1.29 is 9.84 Å². The van der Waals surface area contributed by atoms with Crippen LogP contribution >= 0.6 is 0 Å². The number of ether oxygens (including phenoxy) is 1. The maximum Gasteiger partial charge on any atom is 0.0785 e. The molecule has 1 unspecified atom stereocenters. The third-order valence-electron chi connectivity index (χ3n) is 3.76. The first kappa shape index (κ1) is 16.7. The van der Waals surface area contributed by atoms with E-state index in [9.17, 15) is 5.11 Å². The van der Waals surface area contributed by atoms with E-state index in [-0.39, 0.29) is 0 Å². The molecule has 0 aliphatic carbocycles. The van der Waals surface area contributed by atoms with Gasteiger partial charge < -0.3 is 15.2 Å². The van der Waals surface area contributed by atoms with Crippen molar-refractivity contribution in [1.82, 2.24) is 15.1 Å². The SMILES string of the molecule is COCC(O)CCNCc1c(C)nn(-c2ccccc2)c1C. The van der Waals surface area contributed by atoms with Crippen LogP contribution in [0.2, 0.25) is 0 Å². The number of aryl methyl sites for hydroxylation is 1. The predicted octanol–water partition coefficient (Wildman–Crippen LogP) is 1.98. The fourth-order valence-electron chi connectivity index (χ4n) is 2.51. The molecule has 2 aromatic rings. The molecule has 2 rings (SSSR count). The summed E-state index contributed by atoms with van der Waals surface area (Å²) >= 11 is 0. The molecule has 0 amide bonds. The lowest BCUT2D eigenvalue weighted by molar-refractivity contribution is 0.0594. The minimum atomic E-state index is -0.410. The maximum atomic E-state index is 9.63. The van der Waals surface area contributed by atoms with Gasteiger partial charge in [0.2, 0.25) is 0 Å². The van der Waals surface area contributed by atoms with Crippen molar-refractivity contribution >= 4 is 0 Å². The van der Waals surface area contributed by atoms with Crippen molar-refractivity contribution in [3.63, 3.8) is 0 Å². The van der Waals surface area contributed by atoms with Crippen LogP contribution in [0.5, 0.6) is 0 Å². The molecule has 0 fully saturated rings. The van der Waals surface area contributed by atoms with Gasteiger partial charge in [0.05, 0.1) is 24.1 Å². The van der Waals surface area contributed by atoms with E-state index in [1.54, 1.807) is 7.11 Å². The number of para-hydroxylation sites is 1. The number of hydrogen-bond donors (Lipinski definition) is 2. The third kappa shape index (κ3) is 4.16. The zero-order chi connectivity index (χ0) is 15.9. The molecule has 1 atom stereocenters. The van der Waals surface area contributed by atoms with Gasteiger partial charge in [0.15, 0.2) is 0 Å². The normalized spacial score (nSPS) is 12.5. The molecular weight excluding hydrogens is 278 g/mol. The first-order valence-corrected chi connectivity index (χ1v) is 7.61. The molecule has 5 heteroatoms. The van der Waals surface area contributed by atoms with Gasteiger partial charge >= 0.3 is 0 Å². The van der Waals surface area contributed by atoms with Gasteiger partial charge in [-0.1, -0.05) is 18.2 Å². The quantitative estimate of drug-likeness (QED) is 0.732. The van der Waals surface area contributed by atoms with E-state index in [2.05, 4.69) is 29.5 Å². The van der Waals surface area contributed by atoms with Crippen LogP contribution < -0.4 is 5.32 Å². The van der Waals surface area contributed by atoms with Crippen LogP contribution in [-0.2, 0) is 11.3 Å². The molecular formula is C17H25N3O2. The molecule has 0 bridgehead atoms. The van der Waals surface area contributed by atoms with Gasteiger partial charge in [-0.25, -0.2) is 4.68 Å². The maximum absolute atomic E-state index is 9.63. The molecule has 22 heavy (non-hydrogen) atoms. The van der Waals surface area contributed by atoms with Crippen molar-refractivity contribution in [2.75, 3.05) is 20.3 Å². The molecule has 120 valence electrons. The van der Waals surface area contributed by atoms with Crippen molar-refractivity contribution in [1.29, 1.82) is 0 Å². The summed E-state index contributed by atoms with van der Waals surface area (Å²) in [6, 6.07) is 10.1. The molecule has 1 aromatic heterocycles. The summed E-state index contributed by atoms with van der Waals surface area (Å²) in [7, 11) is 1.60. The van der Waals surface area contributed by atoms with Crippen LogP contribution in [0.4, 0.5) is 0 Å². The third-order valence-corrected chi connectivity index (χ3v) is 3.76. The van der Waals surface area contributed by atoms with Gasteiger partial charge in [0, 0.05) is 24.9 Å². The van der Waals surface area contributed by atoms with E-state index >= 15 is 0 Å². The van der Waals surface area contributed by atoms with Crippen LogP contribution in [0.1, 0.15) is 23.4 Å². The van der Waals surface area contributed by atoms with E-state index in [0.717, 1.165) is 30.2 Å². The van der Waals surface area contributed by atoms with Crippen molar-refractivity contribution in [2.24, 2.45) is 0 Å². The van der Waals surface area contributed by atoms with Crippen molar-refractivity contribution in [3.8, 4) is 5.69 Å². The smallest absolute Gasteiger partial charge is 0.0785 e. The molecule has 0 saturated carbocycles. The van der Waals surface area contributed by atoms with E-state index in [4.69, 9.17) is 4.74 Å². The largest absolute Gasteiger partial charge is 0.391 e. The summed E-state index contributed by atoms with van der Waals surface area (Å²) in [6.45, 7) is 6.00. The summed E-state index contributed by atoms with van der Waals surface area (Å²) in [6.07, 6.45) is 0.269. The van der Waals surface area contributed by atoms with Crippen molar-refractivity contribution in [3.05, 3.63) is 47.3 Å². The molecule has 0 aliphatic heterocycles. The van der Waals surface area contributed by atoms with E-state index in [0.29, 0.717) is 13.0 Å². The zero-order valence-electron chi connectivity index (χ0n) is 13.5. The highest BCUT2D eigenvalue weighted by atomic mass is 16.5. The van der Waals surface area contributed by atoms with Crippen LogP contribution in [-0.4, -0.2) is 41.3 Å². The number of benzene rings is 1. The summed E-state index contributed by atoms with van der Waals surface area (Å²) in [5.74, 6) is 0. The fraction of sp³-hybridized carbons (Fsp3) is 0.471. The van der Waals surface area contributed by atoms with Gasteiger partial charge in [0.25, 0.3) is 0 Å². The van der Waals surface area contributed by atoms with Gasteiger partial charge in [-0.15, -0.1) is 0 Å². The number of aliphatic hydroxyl groups is 1. The monoisotopic (exact) mass is 303 g/mol. The minimum Gasteiger partial charge on any atom is -0.391 e. The van der Waals surface area contributed by atoms with Crippen LogP contribution in [0.25, 0.3) is 5.69 Å². The van der Waals surface area contributed by atoms with Gasteiger partial charge in [0.1, 0.15) is 0 Å². The van der Waals surface area contributed by atoms with Crippen LogP contribution in [0, 0.1) is 13.8 Å². The topological polar surface area (TPSA) is 59.3 Å². The molecule has 1 aromatic carbocycles. The van der Waals surface area contributed by atoms with E-state index in [1.165, 1.54) is 5.56 Å². The molecule has 0 radical (unpaired) electrons. The van der Waals surface area contributed by atoms with Gasteiger partial charge in [-0.3, -0.25) is 0 Å².